The SMILES string of the molecule is CCC(C)(C)C(C)(C)C#N. The van der Waals surface area contributed by atoms with Gasteiger partial charge in [0.25, 0.3) is 0 Å². The highest BCUT2D eigenvalue weighted by Gasteiger charge is 2.35. The Morgan fingerprint density at radius 2 is 1.60 bits per heavy atom. The van der Waals surface area contributed by atoms with Crippen LogP contribution in [0.25, 0.3) is 0 Å². The summed E-state index contributed by atoms with van der Waals surface area (Å²) in [6.07, 6.45) is 1.05. The molecule has 0 aromatic carbocycles. The molecule has 0 saturated heterocycles. The monoisotopic (exact) mass is 139 g/mol. The summed E-state index contributed by atoms with van der Waals surface area (Å²) in [5, 5.41) is 8.81. The van der Waals surface area contributed by atoms with Crippen molar-refractivity contribution in [2.24, 2.45) is 10.8 Å². The van der Waals surface area contributed by atoms with Gasteiger partial charge in [-0.1, -0.05) is 20.8 Å². The van der Waals surface area contributed by atoms with Crippen LogP contribution in [-0.2, 0) is 0 Å². The second-order valence-electron chi connectivity index (χ2n) is 3.97. The van der Waals surface area contributed by atoms with Crippen LogP contribution in [0.2, 0.25) is 0 Å². The van der Waals surface area contributed by atoms with Gasteiger partial charge >= 0.3 is 0 Å². The zero-order chi connectivity index (χ0) is 8.41. The largest absolute Gasteiger partial charge is 0.198 e. The molecule has 0 N–H and O–H groups in total. The van der Waals surface area contributed by atoms with Crippen molar-refractivity contribution < 1.29 is 0 Å². The van der Waals surface area contributed by atoms with E-state index in [2.05, 4.69) is 26.8 Å². The zero-order valence-corrected chi connectivity index (χ0v) is 7.65. The Morgan fingerprint density at radius 3 is 1.70 bits per heavy atom. The lowest BCUT2D eigenvalue weighted by Crippen LogP contribution is -2.30. The second-order valence-corrected chi connectivity index (χ2v) is 3.97. The van der Waals surface area contributed by atoms with E-state index < -0.39 is 0 Å². The van der Waals surface area contributed by atoms with Crippen LogP contribution >= 0.6 is 0 Å². The minimum Gasteiger partial charge on any atom is -0.198 e. The summed E-state index contributed by atoms with van der Waals surface area (Å²) in [5.74, 6) is 0. The van der Waals surface area contributed by atoms with Crippen LogP contribution < -0.4 is 0 Å². The average molecular weight is 139 g/mol. The first-order chi connectivity index (χ1) is 4.37. The van der Waals surface area contributed by atoms with Gasteiger partial charge < -0.3 is 0 Å². The fourth-order valence-electron chi connectivity index (χ4n) is 0.593. The summed E-state index contributed by atoms with van der Waals surface area (Å²) >= 11 is 0. The molecule has 58 valence electrons. The van der Waals surface area contributed by atoms with Gasteiger partial charge in [-0.25, -0.2) is 0 Å². The van der Waals surface area contributed by atoms with Gasteiger partial charge in [0.2, 0.25) is 0 Å². The Labute approximate surface area is 64.1 Å². The maximum Gasteiger partial charge on any atom is 0.0689 e. The van der Waals surface area contributed by atoms with Crippen molar-refractivity contribution >= 4 is 0 Å². The molecule has 0 atom stereocenters. The Morgan fingerprint density at radius 1 is 1.20 bits per heavy atom. The van der Waals surface area contributed by atoms with Crippen molar-refractivity contribution in [2.75, 3.05) is 0 Å². The van der Waals surface area contributed by atoms with E-state index >= 15 is 0 Å². The third-order valence-electron chi connectivity index (χ3n) is 2.86. The molecule has 0 unspecified atom stereocenters. The molecule has 0 aromatic rings. The molecular formula is C9H17N. The third kappa shape index (κ3) is 1.50. The molecule has 0 fully saturated rings. The summed E-state index contributed by atoms with van der Waals surface area (Å²) in [7, 11) is 0. The van der Waals surface area contributed by atoms with E-state index in [9.17, 15) is 0 Å². The predicted molar refractivity (Wildman–Crippen MR) is 43.5 cm³/mol. The first kappa shape index (κ1) is 9.49. The Bertz CT molecular complexity index is 149. The standard InChI is InChI=1S/C9H17N/c1-6-8(2,3)9(4,5)7-10/h6H2,1-5H3. The predicted octanol–water partition coefficient (Wildman–Crippen LogP) is 2.97. The molecule has 0 spiro atoms. The minimum absolute atomic E-state index is 0.127. The van der Waals surface area contributed by atoms with Gasteiger partial charge in [0.1, 0.15) is 0 Å². The highest BCUT2D eigenvalue weighted by Crippen LogP contribution is 2.40. The lowest BCUT2D eigenvalue weighted by Gasteiger charge is -2.34. The fraction of sp³-hybridized carbons (Fsp3) is 0.889. The first-order valence-corrected chi connectivity index (χ1v) is 3.78. The van der Waals surface area contributed by atoms with Crippen LogP contribution in [0.3, 0.4) is 0 Å². The van der Waals surface area contributed by atoms with E-state index in [-0.39, 0.29) is 10.8 Å². The van der Waals surface area contributed by atoms with Crippen LogP contribution in [0.1, 0.15) is 41.0 Å². The average Bonchev–Trinajstić information content (AvgIpc) is 1.88. The molecule has 10 heavy (non-hydrogen) atoms. The molecule has 0 saturated carbocycles. The van der Waals surface area contributed by atoms with Crippen LogP contribution in [0.15, 0.2) is 0 Å². The normalized spacial score (nSPS) is 12.8. The van der Waals surface area contributed by atoms with Gasteiger partial charge in [-0.2, -0.15) is 5.26 Å². The van der Waals surface area contributed by atoms with E-state index in [0.717, 1.165) is 6.42 Å². The van der Waals surface area contributed by atoms with Crippen molar-refractivity contribution in [2.45, 2.75) is 41.0 Å². The van der Waals surface area contributed by atoms with Crippen LogP contribution in [-0.4, -0.2) is 0 Å². The van der Waals surface area contributed by atoms with Crippen LogP contribution in [0.4, 0.5) is 0 Å². The number of nitrogens with zero attached hydrogens (tertiary/aromatic N) is 1. The molecule has 0 rings (SSSR count). The van der Waals surface area contributed by atoms with Gasteiger partial charge in [-0.05, 0) is 25.7 Å². The van der Waals surface area contributed by atoms with Crippen molar-refractivity contribution in [3.05, 3.63) is 0 Å². The van der Waals surface area contributed by atoms with E-state index in [1.807, 2.05) is 13.8 Å². The molecule has 1 nitrogen and oxygen atoms in total. The number of hydrogen-bond acceptors (Lipinski definition) is 1. The lowest BCUT2D eigenvalue weighted by molar-refractivity contribution is 0.167. The van der Waals surface area contributed by atoms with Gasteiger partial charge in [0.15, 0.2) is 0 Å². The molecule has 0 amide bonds. The molecule has 0 aromatic heterocycles. The van der Waals surface area contributed by atoms with Crippen molar-refractivity contribution in [3.8, 4) is 6.07 Å². The van der Waals surface area contributed by atoms with Crippen molar-refractivity contribution in [1.29, 1.82) is 5.26 Å². The van der Waals surface area contributed by atoms with Gasteiger partial charge in [0, 0.05) is 0 Å². The van der Waals surface area contributed by atoms with E-state index in [0.29, 0.717) is 0 Å². The Kier molecular flexibility index (Phi) is 2.48. The number of nitriles is 1. The van der Waals surface area contributed by atoms with E-state index in [4.69, 9.17) is 5.26 Å². The molecule has 0 heterocycles. The van der Waals surface area contributed by atoms with Crippen LogP contribution in [0.5, 0.6) is 0 Å². The maximum atomic E-state index is 8.81. The highest BCUT2D eigenvalue weighted by atomic mass is 14.4. The molecule has 0 bridgehead atoms. The second kappa shape index (κ2) is 2.62. The summed E-state index contributed by atoms with van der Waals surface area (Å²) in [4.78, 5) is 0. The summed E-state index contributed by atoms with van der Waals surface area (Å²) in [6.45, 7) is 10.4. The molecule has 0 aliphatic carbocycles. The minimum atomic E-state index is -0.207. The molecular weight excluding hydrogens is 122 g/mol. The smallest absolute Gasteiger partial charge is 0.0689 e. The van der Waals surface area contributed by atoms with Crippen molar-refractivity contribution in [1.82, 2.24) is 0 Å². The van der Waals surface area contributed by atoms with Crippen molar-refractivity contribution in [3.63, 3.8) is 0 Å². The summed E-state index contributed by atoms with van der Waals surface area (Å²) in [5.41, 5.74) is -0.0799. The topological polar surface area (TPSA) is 23.8 Å². The Balaban J connectivity index is 4.49. The lowest BCUT2D eigenvalue weighted by atomic mass is 9.67. The van der Waals surface area contributed by atoms with Gasteiger partial charge in [-0.15, -0.1) is 0 Å². The molecule has 1 heteroatoms. The Hall–Kier alpha value is -0.510. The quantitative estimate of drug-likeness (QED) is 0.577. The summed E-state index contributed by atoms with van der Waals surface area (Å²) < 4.78 is 0. The maximum absolute atomic E-state index is 8.81. The fourth-order valence-corrected chi connectivity index (χ4v) is 0.593. The van der Waals surface area contributed by atoms with E-state index in [1.165, 1.54) is 0 Å². The molecule has 0 radical (unpaired) electrons. The third-order valence-corrected chi connectivity index (χ3v) is 2.86. The molecule has 0 aliphatic rings. The van der Waals surface area contributed by atoms with Crippen LogP contribution in [0, 0.1) is 22.2 Å². The number of hydrogen-bond donors (Lipinski definition) is 0. The summed E-state index contributed by atoms with van der Waals surface area (Å²) in [6, 6.07) is 2.33. The zero-order valence-electron chi connectivity index (χ0n) is 7.65. The number of rotatable bonds is 2. The van der Waals surface area contributed by atoms with E-state index in [1.54, 1.807) is 0 Å². The molecule has 0 aliphatic heterocycles. The van der Waals surface area contributed by atoms with Gasteiger partial charge in [-0.3, -0.25) is 0 Å². The highest BCUT2D eigenvalue weighted by molar-refractivity contribution is 5.00. The van der Waals surface area contributed by atoms with Gasteiger partial charge in [0.05, 0.1) is 11.5 Å². The first-order valence-electron chi connectivity index (χ1n) is 3.78.